The molecular weight excluding hydrogens is 245 g/mol. The van der Waals surface area contributed by atoms with Crippen LogP contribution in [0.3, 0.4) is 0 Å². The quantitative estimate of drug-likeness (QED) is 0.626. The zero-order chi connectivity index (χ0) is 13.8. The number of hydrogen-bond donors (Lipinski definition) is 2. The predicted molar refractivity (Wildman–Crippen MR) is 62.3 cm³/mol. The van der Waals surface area contributed by atoms with Crippen molar-refractivity contribution in [3.05, 3.63) is 29.6 Å². The molecule has 1 aromatic rings. The van der Waals surface area contributed by atoms with Gasteiger partial charge in [0, 0.05) is 19.3 Å². The number of nitrogens with zero attached hydrogens (tertiary/aromatic N) is 2. The van der Waals surface area contributed by atoms with Crippen LogP contribution in [0.1, 0.15) is 17.7 Å². The Labute approximate surface area is 103 Å². The van der Waals surface area contributed by atoms with Gasteiger partial charge in [-0.1, -0.05) is 0 Å². The second-order valence-electron chi connectivity index (χ2n) is 4.07. The van der Waals surface area contributed by atoms with E-state index in [2.05, 4.69) is 4.98 Å². The Bertz CT molecular complexity index is 417. The lowest BCUT2D eigenvalue weighted by Crippen LogP contribution is -2.24. The molecule has 0 aliphatic rings. The van der Waals surface area contributed by atoms with Crippen molar-refractivity contribution in [3.63, 3.8) is 0 Å². The molecule has 0 aromatic carbocycles. The van der Waals surface area contributed by atoms with Gasteiger partial charge in [0.2, 0.25) is 0 Å². The van der Waals surface area contributed by atoms with E-state index in [0.29, 0.717) is 12.2 Å². The van der Waals surface area contributed by atoms with Crippen LogP contribution in [0.15, 0.2) is 18.3 Å². The number of alkyl halides is 3. The summed E-state index contributed by atoms with van der Waals surface area (Å²) in [5.74, 6) is -0.158. The van der Waals surface area contributed by atoms with Crippen LogP contribution in [-0.4, -0.2) is 35.5 Å². The maximum atomic E-state index is 12.0. The van der Waals surface area contributed by atoms with Crippen LogP contribution in [0.2, 0.25) is 0 Å². The highest BCUT2D eigenvalue weighted by molar-refractivity contribution is 5.93. The summed E-state index contributed by atoms with van der Waals surface area (Å²) >= 11 is 0. The molecule has 100 valence electrons. The van der Waals surface area contributed by atoms with Gasteiger partial charge in [0.25, 0.3) is 0 Å². The molecule has 1 rings (SSSR count). The van der Waals surface area contributed by atoms with Gasteiger partial charge in [-0.25, -0.2) is 0 Å². The van der Waals surface area contributed by atoms with Crippen LogP contribution in [0, 0.1) is 5.41 Å². The Morgan fingerprint density at radius 2 is 2.17 bits per heavy atom. The fraction of sp³-hybridized carbons (Fsp3) is 0.455. The molecule has 4 nitrogen and oxygen atoms in total. The Morgan fingerprint density at radius 1 is 1.50 bits per heavy atom. The second-order valence-corrected chi connectivity index (χ2v) is 4.07. The highest BCUT2D eigenvalue weighted by atomic mass is 19.4. The summed E-state index contributed by atoms with van der Waals surface area (Å²) in [6, 6.07) is 3.29. The summed E-state index contributed by atoms with van der Waals surface area (Å²) in [5.41, 5.74) is 6.40. The molecule has 0 radical (unpaired) electrons. The number of aromatic nitrogens is 1. The molecule has 7 heteroatoms. The fourth-order valence-electron chi connectivity index (χ4n) is 1.43. The molecule has 0 aliphatic heterocycles. The van der Waals surface area contributed by atoms with Gasteiger partial charge in [0.05, 0.1) is 6.42 Å². The van der Waals surface area contributed by atoms with Crippen LogP contribution in [0.25, 0.3) is 0 Å². The lowest BCUT2D eigenvalue weighted by molar-refractivity contribution is -0.137. The van der Waals surface area contributed by atoms with Crippen molar-refractivity contribution in [3.8, 4) is 0 Å². The van der Waals surface area contributed by atoms with E-state index in [1.165, 1.54) is 6.20 Å². The first-order chi connectivity index (χ1) is 8.28. The average Bonchev–Trinajstić information content (AvgIpc) is 2.26. The summed E-state index contributed by atoms with van der Waals surface area (Å²) in [4.78, 5) is 5.45. The number of hydrogen-bond acceptors (Lipinski definition) is 3. The van der Waals surface area contributed by atoms with E-state index in [1.54, 1.807) is 24.1 Å². The smallest absolute Gasteiger partial charge is 0.382 e. The van der Waals surface area contributed by atoms with Gasteiger partial charge in [0.15, 0.2) is 0 Å². The maximum Gasteiger partial charge on any atom is 0.390 e. The Hall–Kier alpha value is -1.63. The molecule has 0 unspecified atom stereocenters. The lowest BCUT2D eigenvalue weighted by atomic mass is 10.2. The third-order valence-electron chi connectivity index (χ3n) is 2.33. The predicted octanol–water partition coefficient (Wildman–Crippen LogP) is 1.75. The van der Waals surface area contributed by atoms with Crippen molar-refractivity contribution in [2.45, 2.75) is 19.1 Å². The van der Waals surface area contributed by atoms with E-state index in [0.717, 1.165) is 5.56 Å². The number of nitrogens with one attached hydrogen (secondary N) is 1. The molecule has 1 heterocycles. The minimum atomic E-state index is -4.14. The van der Waals surface area contributed by atoms with E-state index in [4.69, 9.17) is 11.1 Å². The number of amidine groups is 1. The molecule has 3 N–H and O–H groups in total. The number of nitrogen functional groups attached to an aromatic ring is 1. The number of rotatable bonds is 5. The van der Waals surface area contributed by atoms with Gasteiger partial charge in [-0.15, -0.1) is 0 Å². The molecule has 0 bridgehead atoms. The molecule has 18 heavy (non-hydrogen) atoms. The van der Waals surface area contributed by atoms with E-state index < -0.39 is 12.6 Å². The molecule has 0 amide bonds. The number of halogens is 3. The molecule has 0 aliphatic carbocycles. The van der Waals surface area contributed by atoms with E-state index in [9.17, 15) is 13.2 Å². The zero-order valence-corrected chi connectivity index (χ0v) is 9.96. The average molecular weight is 260 g/mol. The minimum Gasteiger partial charge on any atom is -0.382 e. The first-order valence-corrected chi connectivity index (χ1v) is 5.32. The van der Waals surface area contributed by atoms with E-state index in [1.807, 2.05) is 0 Å². The fourth-order valence-corrected chi connectivity index (χ4v) is 1.43. The Balaban J connectivity index is 2.56. The van der Waals surface area contributed by atoms with Crippen LogP contribution >= 0.6 is 0 Å². The van der Waals surface area contributed by atoms with Gasteiger partial charge in [-0.2, -0.15) is 13.2 Å². The Kier molecular flexibility index (Phi) is 4.66. The molecule has 0 saturated heterocycles. The molecule has 0 saturated carbocycles. The highest BCUT2D eigenvalue weighted by Crippen LogP contribution is 2.19. The third kappa shape index (κ3) is 5.13. The van der Waals surface area contributed by atoms with Crippen molar-refractivity contribution < 1.29 is 13.2 Å². The van der Waals surface area contributed by atoms with Gasteiger partial charge >= 0.3 is 6.18 Å². The highest BCUT2D eigenvalue weighted by Gasteiger charge is 2.27. The molecular formula is C11H15F3N4. The van der Waals surface area contributed by atoms with Crippen molar-refractivity contribution in [2.75, 3.05) is 13.6 Å². The summed E-state index contributed by atoms with van der Waals surface area (Å²) < 4.78 is 36.1. The minimum absolute atomic E-state index is 0.0682. The van der Waals surface area contributed by atoms with Crippen molar-refractivity contribution >= 4 is 5.84 Å². The monoisotopic (exact) mass is 260 g/mol. The molecule has 0 atom stereocenters. The summed E-state index contributed by atoms with van der Waals surface area (Å²) in [6.07, 6.45) is -3.49. The zero-order valence-electron chi connectivity index (χ0n) is 9.96. The summed E-state index contributed by atoms with van der Waals surface area (Å²) in [5, 5.41) is 7.23. The van der Waals surface area contributed by atoms with Crippen LogP contribution in [0.4, 0.5) is 13.2 Å². The molecule has 0 fully saturated rings. The molecule has 1 aromatic heterocycles. The van der Waals surface area contributed by atoms with Crippen LogP contribution < -0.4 is 5.73 Å². The SMILES string of the molecule is CN(CCC(F)(F)F)Cc1ccnc(C(=N)N)c1. The van der Waals surface area contributed by atoms with Crippen molar-refractivity contribution in [1.29, 1.82) is 5.41 Å². The summed E-state index contributed by atoms with van der Waals surface area (Å²) in [7, 11) is 1.61. The van der Waals surface area contributed by atoms with Gasteiger partial charge in [0.1, 0.15) is 11.5 Å². The second kappa shape index (κ2) is 5.81. The van der Waals surface area contributed by atoms with Gasteiger partial charge < -0.3 is 10.6 Å². The standard InChI is InChI=1S/C11H15F3N4/c1-18(5-3-11(12,13)14)7-8-2-4-17-9(6-8)10(15)16/h2,4,6H,3,5,7H2,1H3,(H3,15,16). The normalized spacial score (nSPS) is 11.8. The van der Waals surface area contributed by atoms with Crippen molar-refractivity contribution in [2.24, 2.45) is 5.73 Å². The van der Waals surface area contributed by atoms with Gasteiger partial charge in [-0.05, 0) is 24.7 Å². The van der Waals surface area contributed by atoms with Crippen LogP contribution in [-0.2, 0) is 6.54 Å². The van der Waals surface area contributed by atoms with E-state index >= 15 is 0 Å². The first kappa shape index (κ1) is 14.4. The summed E-state index contributed by atoms with van der Waals surface area (Å²) in [6.45, 7) is 0.292. The lowest BCUT2D eigenvalue weighted by Gasteiger charge is -2.17. The number of nitrogens with two attached hydrogens (primary N) is 1. The topological polar surface area (TPSA) is 66.0 Å². The molecule has 0 spiro atoms. The third-order valence-corrected chi connectivity index (χ3v) is 2.33. The van der Waals surface area contributed by atoms with Gasteiger partial charge in [-0.3, -0.25) is 10.4 Å². The first-order valence-electron chi connectivity index (χ1n) is 5.32. The van der Waals surface area contributed by atoms with Crippen molar-refractivity contribution in [1.82, 2.24) is 9.88 Å². The number of pyridine rings is 1. The van der Waals surface area contributed by atoms with E-state index in [-0.39, 0.29) is 12.4 Å². The van der Waals surface area contributed by atoms with Crippen LogP contribution in [0.5, 0.6) is 0 Å². The Morgan fingerprint density at radius 3 is 2.72 bits per heavy atom. The largest absolute Gasteiger partial charge is 0.390 e. The maximum absolute atomic E-state index is 12.0.